The summed E-state index contributed by atoms with van der Waals surface area (Å²) in [7, 11) is 1.00. The quantitative estimate of drug-likeness (QED) is 0.139. The second kappa shape index (κ2) is 25.0. The number of aliphatic hydroxyl groups excluding tert-OH is 1. The first-order chi connectivity index (χ1) is 18.7. The fraction of sp³-hybridized carbons (Fsp3) is 0.571. The zero-order chi connectivity index (χ0) is 29.6. The summed E-state index contributed by atoms with van der Waals surface area (Å²) < 4.78 is 53.1. The van der Waals surface area contributed by atoms with Gasteiger partial charge in [-0.1, -0.05) is 42.5 Å². The molecule has 0 aromatic heterocycles. The van der Waals surface area contributed by atoms with Crippen LogP contribution in [0.5, 0.6) is 0 Å². The number of halogens is 4. The van der Waals surface area contributed by atoms with Crippen LogP contribution in [-0.4, -0.2) is 47.3 Å². The fourth-order valence-corrected chi connectivity index (χ4v) is 4.43. The van der Waals surface area contributed by atoms with E-state index >= 15 is 0 Å². The molecule has 0 atom stereocenters. The van der Waals surface area contributed by atoms with Crippen molar-refractivity contribution in [3.63, 3.8) is 0 Å². The van der Waals surface area contributed by atoms with Crippen LogP contribution in [0.2, 0.25) is 0 Å². The summed E-state index contributed by atoms with van der Waals surface area (Å²) in [5.74, 6) is 3.75. The Morgan fingerprint density at radius 2 is 1.23 bits per heavy atom. The molecule has 2 aliphatic rings. The first kappa shape index (κ1) is 40.4. The van der Waals surface area contributed by atoms with Gasteiger partial charge in [0.2, 0.25) is 0 Å². The Hall–Kier alpha value is -1.76. The molecule has 7 nitrogen and oxygen atoms in total. The summed E-state index contributed by atoms with van der Waals surface area (Å²) in [6.07, 6.45) is 5.75. The molecule has 222 valence electrons. The summed E-state index contributed by atoms with van der Waals surface area (Å²) in [5.41, 5.74) is 0.972. The molecule has 2 saturated carbocycles. The van der Waals surface area contributed by atoms with Gasteiger partial charge in [-0.05, 0) is 80.9 Å². The van der Waals surface area contributed by atoms with Crippen molar-refractivity contribution < 1.29 is 76.9 Å². The Bertz CT molecular complexity index is 829. The molecular formula is C28H40F4NNaO6. The van der Waals surface area contributed by atoms with E-state index in [0.717, 1.165) is 37.7 Å². The minimum atomic E-state index is -2.40. The first-order valence-electron chi connectivity index (χ1n) is 12.8. The molecule has 3 rings (SSSR count). The van der Waals surface area contributed by atoms with Gasteiger partial charge in [-0.2, -0.15) is 0 Å². The SMILES string of the molecule is CO.O=C(O)C1CCC(/C=C/C(F)F)CC1.O=C(OCc1ccccc1)C1CCC(/C=C/C(F)F)CC1.[NH-]O.[Na+]. The molecular weight excluding hydrogens is 545 g/mol. The molecule has 40 heavy (non-hydrogen) atoms. The average molecular weight is 586 g/mol. The fourth-order valence-electron chi connectivity index (χ4n) is 4.43. The summed E-state index contributed by atoms with van der Waals surface area (Å²) in [4.78, 5) is 22.6. The standard InChI is InChI=1S/C17H20F2O2.C10H14F2O2.CH4O.H2NO.Na/c18-16(19)11-8-13-6-9-15(10-7-13)17(20)21-12-14-4-2-1-3-5-14;11-9(12)6-3-7-1-4-8(5-2-7)10(13)14;2*1-2;/h1-5,8,11,13,15-16H,6-7,9-10,12H2;3,6-9H,1-2,4-5H2,(H,13,14);2H,1H3;1-2H;/q;;;-1;+1/b11-8+;6-3+;;;. The number of aliphatic hydroxyl groups is 1. The molecule has 0 heterocycles. The van der Waals surface area contributed by atoms with Gasteiger partial charge in [0, 0.05) is 7.11 Å². The number of hydrogen-bond donors (Lipinski definition) is 3. The van der Waals surface area contributed by atoms with Gasteiger partial charge in [0.15, 0.2) is 0 Å². The number of carboxylic acid groups (broad SMARTS) is 1. The Labute approximate surface area is 255 Å². The van der Waals surface area contributed by atoms with Crippen molar-refractivity contribution in [3.05, 3.63) is 66.1 Å². The van der Waals surface area contributed by atoms with Crippen LogP contribution in [0.4, 0.5) is 17.6 Å². The third-order valence-corrected chi connectivity index (χ3v) is 6.51. The largest absolute Gasteiger partial charge is 1.00 e. The number of carbonyl (C=O) groups excluding carboxylic acids is 1. The predicted octanol–water partition coefficient (Wildman–Crippen LogP) is 4.10. The van der Waals surface area contributed by atoms with Crippen LogP contribution in [0.1, 0.15) is 56.9 Å². The van der Waals surface area contributed by atoms with Crippen LogP contribution in [-0.2, 0) is 20.9 Å². The number of carboxylic acids is 1. The molecule has 12 heteroatoms. The van der Waals surface area contributed by atoms with E-state index in [1.54, 1.807) is 6.08 Å². The molecule has 1 aromatic rings. The summed E-state index contributed by atoms with van der Waals surface area (Å²) in [6.45, 7) is 0.297. The monoisotopic (exact) mass is 585 g/mol. The Kier molecular flexibility index (Phi) is 25.2. The Morgan fingerprint density at radius 1 is 0.825 bits per heavy atom. The number of ether oxygens (including phenoxy) is 1. The number of nitrogens with one attached hydrogen (secondary N) is 1. The van der Waals surface area contributed by atoms with Gasteiger partial charge >= 0.3 is 41.5 Å². The number of benzene rings is 1. The molecule has 0 amide bonds. The van der Waals surface area contributed by atoms with E-state index in [2.05, 4.69) is 0 Å². The van der Waals surface area contributed by atoms with Crippen molar-refractivity contribution in [1.82, 2.24) is 0 Å². The van der Waals surface area contributed by atoms with E-state index in [9.17, 15) is 27.2 Å². The molecule has 0 saturated heterocycles. The third-order valence-electron chi connectivity index (χ3n) is 6.51. The normalized spacial score (nSPS) is 22.1. The number of allylic oxidation sites excluding steroid dienone is 4. The predicted molar refractivity (Wildman–Crippen MR) is 139 cm³/mol. The van der Waals surface area contributed by atoms with Gasteiger partial charge in [0.05, 0.1) is 11.8 Å². The first-order valence-corrected chi connectivity index (χ1v) is 12.8. The number of carbonyl (C=O) groups is 2. The van der Waals surface area contributed by atoms with E-state index in [-0.39, 0.29) is 59.2 Å². The maximum Gasteiger partial charge on any atom is 1.00 e. The van der Waals surface area contributed by atoms with E-state index in [1.807, 2.05) is 30.3 Å². The number of alkyl halides is 4. The summed E-state index contributed by atoms with van der Waals surface area (Å²) >= 11 is 0. The number of esters is 1. The van der Waals surface area contributed by atoms with Gasteiger partial charge in [-0.3, -0.25) is 9.59 Å². The maximum absolute atomic E-state index is 12.1. The molecule has 0 unspecified atom stereocenters. The van der Waals surface area contributed by atoms with Gasteiger partial charge in [-0.15, -0.1) is 0 Å². The third kappa shape index (κ3) is 18.6. The van der Waals surface area contributed by atoms with Crippen LogP contribution in [0.15, 0.2) is 54.6 Å². The molecule has 0 bridgehead atoms. The van der Waals surface area contributed by atoms with E-state index in [1.165, 1.54) is 6.08 Å². The van der Waals surface area contributed by atoms with Crippen LogP contribution < -0.4 is 29.6 Å². The van der Waals surface area contributed by atoms with Gasteiger partial charge in [0.25, 0.3) is 12.9 Å². The molecule has 4 N–H and O–H groups in total. The molecule has 1 aromatic carbocycles. The van der Waals surface area contributed by atoms with E-state index in [0.29, 0.717) is 45.1 Å². The van der Waals surface area contributed by atoms with Crippen molar-refractivity contribution in [3.8, 4) is 0 Å². The van der Waals surface area contributed by atoms with Crippen molar-refractivity contribution in [2.24, 2.45) is 23.7 Å². The topological polar surface area (TPSA) is 128 Å². The maximum atomic E-state index is 12.1. The van der Waals surface area contributed by atoms with Crippen LogP contribution in [0.25, 0.3) is 5.90 Å². The minimum Gasteiger partial charge on any atom is -0.553 e. The van der Waals surface area contributed by atoms with Crippen LogP contribution in [0, 0.1) is 23.7 Å². The Balaban J connectivity index is 0. The molecule has 2 aliphatic carbocycles. The summed E-state index contributed by atoms with van der Waals surface area (Å²) in [5, 5.41) is 22.0. The zero-order valence-corrected chi connectivity index (χ0v) is 25.1. The second-order valence-corrected chi connectivity index (χ2v) is 9.09. The molecule has 2 fully saturated rings. The van der Waals surface area contributed by atoms with Crippen molar-refractivity contribution in [2.45, 2.75) is 70.8 Å². The van der Waals surface area contributed by atoms with E-state index in [4.69, 9.17) is 26.1 Å². The number of aliphatic carboxylic acids is 1. The molecule has 0 aliphatic heterocycles. The van der Waals surface area contributed by atoms with Crippen LogP contribution in [0.3, 0.4) is 0 Å². The van der Waals surface area contributed by atoms with E-state index < -0.39 is 18.8 Å². The Morgan fingerprint density at radius 3 is 1.60 bits per heavy atom. The van der Waals surface area contributed by atoms with Gasteiger partial charge < -0.3 is 26.1 Å². The second-order valence-electron chi connectivity index (χ2n) is 9.09. The minimum absolute atomic E-state index is 0. The van der Waals surface area contributed by atoms with Gasteiger partial charge in [0.1, 0.15) is 6.61 Å². The smallest absolute Gasteiger partial charge is 0.553 e. The number of hydrogen-bond acceptors (Lipinski definition) is 5. The summed E-state index contributed by atoms with van der Waals surface area (Å²) in [6, 6.07) is 9.56. The zero-order valence-electron chi connectivity index (χ0n) is 23.1. The van der Waals surface area contributed by atoms with Crippen molar-refractivity contribution in [1.29, 1.82) is 0 Å². The number of rotatable bonds is 8. The van der Waals surface area contributed by atoms with Gasteiger partial charge in [-0.25, -0.2) is 17.6 Å². The van der Waals surface area contributed by atoms with Crippen molar-refractivity contribution >= 4 is 11.9 Å². The van der Waals surface area contributed by atoms with Crippen molar-refractivity contribution in [2.75, 3.05) is 7.11 Å². The molecule has 0 radical (unpaired) electrons. The average Bonchev–Trinajstić information content (AvgIpc) is 2.97. The molecule has 0 spiro atoms. The van der Waals surface area contributed by atoms with Crippen LogP contribution >= 0.6 is 0 Å².